The zero-order valence-corrected chi connectivity index (χ0v) is 12.1. The van der Waals surface area contributed by atoms with Crippen molar-refractivity contribution in [1.29, 1.82) is 0 Å². The summed E-state index contributed by atoms with van der Waals surface area (Å²) in [5.41, 5.74) is 0.430. The fourth-order valence-corrected chi connectivity index (χ4v) is 4.63. The maximum atomic E-state index is 11.9. The van der Waals surface area contributed by atoms with Gasteiger partial charge in [-0.3, -0.25) is 0 Å². The van der Waals surface area contributed by atoms with E-state index in [-0.39, 0.29) is 22.4 Å². The first-order valence-electron chi connectivity index (χ1n) is 5.83. The number of benzene rings is 1. The van der Waals surface area contributed by atoms with Crippen molar-refractivity contribution in [3.8, 4) is 0 Å². The first-order valence-corrected chi connectivity index (χ1v) is 9.14. The molecular weight excluding hydrogens is 288 g/mol. The average molecular weight is 304 g/mol. The summed E-state index contributed by atoms with van der Waals surface area (Å²) >= 11 is 0. The Bertz CT molecular complexity index is 668. The van der Waals surface area contributed by atoms with Gasteiger partial charge in [-0.2, -0.15) is 0 Å². The van der Waals surface area contributed by atoms with Crippen LogP contribution in [0.1, 0.15) is 6.42 Å². The third-order valence-electron chi connectivity index (χ3n) is 3.04. The molecule has 1 atom stereocenters. The Labute approximate surface area is 113 Å². The maximum Gasteiger partial charge on any atom is 0.242 e. The first-order chi connectivity index (χ1) is 8.84. The molecule has 1 heterocycles. The molecule has 2 N–H and O–H groups in total. The molecule has 106 valence electrons. The predicted octanol–water partition coefficient (Wildman–Crippen LogP) is 0.194. The molecule has 1 saturated heterocycles. The van der Waals surface area contributed by atoms with Gasteiger partial charge < -0.3 is 5.32 Å². The van der Waals surface area contributed by atoms with Crippen LogP contribution in [-0.2, 0) is 19.9 Å². The molecule has 1 aromatic rings. The van der Waals surface area contributed by atoms with Gasteiger partial charge in [0.05, 0.1) is 17.2 Å². The lowest BCUT2D eigenvalue weighted by Crippen LogP contribution is -2.24. The maximum absolute atomic E-state index is 11.9. The lowest BCUT2D eigenvalue weighted by atomic mass is 10.2. The smallest absolute Gasteiger partial charge is 0.242 e. The largest absolute Gasteiger partial charge is 0.380 e. The fourth-order valence-electron chi connectivity index (χ4n) is 2.06. The van der Waals surface area contributed by atoms with Gasteiger partial charge in [0.15, 0.2) is 9.84 Å². The molecule has 1 aliphatic heterocycles. The number of sulfonamides is 1. The summed E-state index contributed by atoms with van der Waals surface area (Å²) in [5.74, 6) is 0.187. The van der Waals surface area contributed by atoms with Crippen molar-refractivity contribution in [1.82, 2.24) is 4.72 Å². The number of para-hydroxylation sites is 1. The zero-order chi connectivity index (χ0) is 14.1. The molecule has 2 rings (SSSR count). The second-order valence-electron chi connectivity index (χ2n) is 4.45. The molecule has 0 spiro atoms. The van der Waals surface area contributed by atoms with Gasteiger partial charge in [0.25, 0.3) is 0 Å². The lowest BCUT2D eigenvalue weighted by molar-refractivity contribution is 0.588. The van der Waals surface area contributed by atoms with Crippen molar-refractivity contribution in [3.05, 3.63) is 24.3 Å². The molecule has 1 aromatic carbocycles. The number of hydrogen-bond acceptors (Lipinski definition) is 5. The van der Waals surface area contributed by atoms with Crippen LogP contribution >= 0.6 is 0 Å². The minimum Gasteiger partial charge on any atom is -0.380 e. The van der Waals surface area contributed by atoms with E-state index in [4.69, 9.17) is 0 Å². The molecule has 0 bridgehead atoms. The van der Waals surface area contributed by atoms with E-state index < -0.39 is 19.9 Å². The van der Waals surface area contributed by atoms with Crippen molar-refractivity contribution in [3.63, 3.8) is 0 Å². The van der Waals surface area contributed by atoms with Gasteiger partial charge in [-0.05, 0) is 25.6 Å². The summed E-state index contributed by atoms with van der Waals surface area (Å²) in [5, 5.41) is 3.01. The number of sulfone groups is 1. The normalized spacial score (nSPS) is 22.3. The van der Waals surface area contributed by atoms with Crippen LogP contribution < -0.4 is 10.0 Å². The second kappa shape index (κ2) is 5.10. The van der Waals surface area contributed by atoms with E-state index >= 15 is 0 Å². The molecule has 6 nitrogen and oxygen atoms in total. The van der Waals surface area contributed by atoms with Crippen LogP contribution in [0.15, 0.2) is 29.2 Å². The molecule has 1 unspecified atom stereocenters. The minimum atomic E-state index is -3.56. The van der Waals surface area contributed by atoms with Crippen molar-refractivity contribution < 1.29 is 16.8 Å². The van der Waals surface area contributed by atoms with Crippen molar-refractivity contribution in [2.75, 3.05) is 23.9 Å². The summed E-state index contributed by atoms with van der Waals surface area (Å²) in [6, 6.07) is 6.21. The quantitative estimate of drug-likeness (QED) is 0.828. The number of anilines is 1. The minimum absolute atomic E-state index is 0.0426. The molecule has 1 aliphatic rings. The van der Waals surface area contributed by atoms with E-state index in [1.807, 2.05) is 0 Å². The van der Waals surface area contributed by atoms with E-state index in [1.54, 1.807) is 18.2 Å². The molecule has 0 amide bonds. The van der Waals surface area contributed by atoms with Gasteiger partial charge in [-0.1, -0.05) is 12.1 Å². The van der Waals surface area contributed by atoms with E-state index in [9.17, 15) is 16.8 Å². The summed E-state index contributed by atoms with van der Waals surface area (Å²) in [6.07, 6.45) is 0.496. The van der Waals surface area contributed by atoms with Crippen molar-refractivity contribution in [2.45, 2.75) is 17.4 Å². The standard InChI is InChI=1S/C11H16N2O4S2/c1-12-19(16,17)11-5-3-2-4-10(11)13-9-6-7-18(14,15)8-9/h2-5,9,12-13H,6-8H2,1H3. The zero-order valence-electron chi connectivity index (χ0n) is 10.5. The van der Waals surface area contributed by atoms with Crippen LogP contribution in [0.25, 0.3) is 0 Å². The molecule has 1 fully saturated rings. The Hall–Kier alpha value is -1.12. The SMILES string of the molecule is CNS(=O)(=O)c1ccccc1NC1CCS(=O)(=O)C1. The van der Waals surface area contributed by atoms with Crippen LogP contribution in [0.4, 0.5) is 5.69 Å². The predicted molar refractivity (Wildman–Crippen MR) is 73.4 cm³/mol. The van der Waals surface area contributed by atoms with E-state index in [0.29, 0.717) is 12.1 Å². The summed E-state index contributed by atoms with van der Waals surface area (Å²) in [6.45, 7) is 0. The number of rotatable bonds is 4. The highest BCUT2D eigenvalue weighted by atomic mass is 32.2. The first kappa shape index (κ1) is 14.3. The molecule has 0 saturated carbocycles. The summed E-state index contributed by atoms with van der Waals surface area (Å²) < 4.78 is 48.8. The van der Waals surface area contributed by atoms with Crippen LogP contribution in [0.2, 0.25) is 0 Å². The monoisotopic (exact) mass is 304 g/mol. The highest BCUT2D eigenvalue weighted by Gasteiger charge is 2.29. The Morgan fingerprint density at radius 3 is 2.53 bits per heavy atom. The Kier molecular flexibility index (Phi) is 3.84. The second-order valence-corrected chi connectivity index (χ2v) is 8.53. The van der Waals surface area contributed by atoms with Gasteiger partial charge in [0, 0.05) is 6.04 Å². The van der Waals surface area contributed by atoms with Gasteiger partial charge in [-0.25, -0.2) is 21.6 Å². The Morgan fingerprint density at radius 2 is 1.95 bits per heavy atom. The summed E-state index contributed by atoms with van der Waals surface area (Å²) in [4.78, 5) is 0.127. The van der Waals surface area contributed by atoms with Crippen LogP contribution in [0.5, 0.6) is 0 Å². The fraction of sp³-hybridized carbons (Fsp3) is 0.455. The van der Waals surface area contributed by atoms with E-state index in [1.165, 1.54) is 13.1 Å². The molecule has 0 radical (unpaired) electrons. The van der Waals surface area contributed by atoms with E-state index in [2.05, 4.69) is 10.0 Å². The van der Waals surface area contributed by atoms with Crippen molar-refractivity contribution in [2.24, 2.45) is 0 Å². The van der Waals surface area contributed by atoms with Gasteiger partial charge in [0.1, 0.15) is 4.90 Å². The molecule has 0 aliphatic carbocycles. The van der Waals surface area contributed by atoms with Gasteiger partial charge >= 0.3 is 0 Å². The lowest BCUT2D eigenvalue weighted by Gasteiger charge is -2.16. The number of hydrogen-bond donors (Lipinski definition) is 2. The molecule has 19 heavy (non-hydrogen) atoms. The van der Waals surface area contributed by atoms with Gasteiger partial charge in [0.2, 0.25) is 10.0 Å². The third-order valence-corrected chi connectivity index (χ3v) is 6.28. The highest BCUT2D eigenvalue weighted by molar-refractivity contribution is 7.91. The van der Waals surface area contributed by atoms with Crippen molar-refractivity contribution >= 4 is 25.5 Å². The number of nitrogens with one attached hydrogen (secondary N) is 2. The Morgan fingerprint density at radius 1 is 1.26 bits per heavy atom. The molecule has 0 aromatic heterocycles. The van der Waals surface area contributed by atoms with Crippen LogP contribution in [0.3, 0.4) is 0 Å². The molecule has 8 heteroatoms. The average Bonchev–Trinajstić information content (AvgIpc) is 2.69. The third kappa shape index (κ3) is 3.26. The summed E-state index contributed by atoms with van der Waals surface area (Å²) in [7, 11) is -5.22. The topological polar surface area (TPSA) is 92.3 Å². The molecular formula is C11H16N2O4S2. The van der Waals surface area contributed by atoms with Crippen LogP contribution in [-0.4, -0.2) is 41.4 Å². The van der Waals surface area contributed by atoms with E-state index in [0.717, 1.165) is 0 Å². The Balaban J connectivity index is 2.27. The van der Waals surface area contributed by atoms with Gasteiger partial charge in [-0.15, -0.1) is 0 Å². The van der Waals surface area contributed by atoms with Crippen LogP contribution in [0, 0.1) is 0 Å². The highest BCUT2D eigenvalue weighted by Crippen LogP contribution is 2.24.